The molecule has 0 spiro atoms. The fourth-order valence-corrected chi connectivity index (χ4v) is 0.166. The van der Waals surface area contributed by atoms with Crippen molar-refractivity contribution >= 4 is 29.9 Å². The highest BCUT2D eigenvalue weighted by molar-refractivity contribution is 14.0. The molecule has 6 heteroatoms. The van der Waals surface area contributed by atoms with E-state index in [-0.39, 0.29) is 29.9 Å². The van der Waals surface area contributed by atoms with Crippen LogP contribution < -0.4 is 5.73 Å². The second kappa shape index (κ2) is 2.72. The maximum absolute atomic E-state index is 4.99. The van der Waals surface area contributed by atoms with Crippen LogP contribution >= 0.6 is 24.0 Å². The van der Waals surface area contributed by atoms with Crippen molar-refractivity contribution in [3.63, 3.8) is 0 Å². The number of H-pyrrole nitrogens is 1. The summed E-state index contributed by atoms with van der Waals surface area (Å²) in [6.45, 7) is 0. The molecule has 0 aliphatic rings. The summed E-state index contributed by atoms with van der Waals surface area (Å²) in [5.74, 6) is 0.245. The SMILES string of the molecule is I.Nc1nnn[nH]1. The first-order chi connectivity index (χ1) is 2.89. The monoisotopic (exact) mass is 213 g/mol. The summed E-state index contributed by atoms with van der Waals surface area (Å²) in [5, 5.41) is 11.9. The molecule has 0 saturated carbocycles. The van der Waals surface area contributed by atoms with Crippen molar-refractivity contribution in [2.24, 2.45) is 0 Å². The van der Waals surface area contributed by atoms with Gasteiger partial charge in [-0.25, -0.2) is 5.10 Å². The number of nitrogens with one attached hydrogen (secondary N) is 1. The quantitative estimate of drug-likeness (QED) is 0.564. The average molecular weight is 213 g/mol. The van der Waals surface area contributed by atoms with Gasteiger partial charge in [-0.3, -0.25) is 0 Å². The van der Waals surface area contributed by atoms with Crippen molar-refractivity contribution < 1.29 is 0 Å². The normalized spacial score (nSPS) is 7.43. The van der Waals surface area contributed by atoms with Crippen LogP contribution in [0.15, 0.2) is 0 Å². The predicted octanol–water partition coefficient (Wildman–Crippen LogP) is -0.600. The molecule has 0 amide bonds. The largest absolute Gasteiger partial charge is 0.367 e. The maximum atomic E-state index is 4.99. The van der Waals surface area contributed by atoms with Crippen LogP contribution in [0.4, 0.5) is 5.95 Å². The van der Waals surface area contributed by atoms with Crippen molar-refractivity contribution in [2.45, 2.75) is 0 Å². The number of tetrazole rings is 1. The molecule has 1 aromatic heterocycles. The van der Waals surface area contributed by atoms with E-state index in [0.717, 1.165) is 0 Å². The molecule has 0 radical (unpaired) electrons. The van der Waals surface area contributed by atoms with Crippen LogP contribution in [-0.4, -0.2) is 20.6 Å². The lowest BCUT2D eigenvalue weighted by atomic mass is 11.2. The molecule has 5 nitrogen and oxygen atoms in total. The third-order valence-corrected chi connectivity index (χ3v) is 0.362. The van der Waals surface area contributed by atoms with Gasteiger partial charge in [0.05, 0.1) is 0 Å². The summed E-state index contributed by atoms with van der Waals surface area (Å²) < 4.78 is 0. The average Bonchev–Trinajstić information content (AvgIpc) is 1.86. The molecule has 40 valence electrons. The Balaban J connectivity index is 0.000000360. The van der Waals surface area contributed by atoms with Gasteiger partial charge in [0.25, 0.3) is 0 Å². The number of anilines is 1. The zero-order valence-electron chi connectivity index (χ0n) is 3.33. The van der Waals surface area contributed by atoms with E-state index in [1.165, 1.54) is 0 Å². The highest BCUT2D eigenvalue weighted by Gasteiger charge is 1.77. The number of rotatable bonds is 0. The molecular weight excluding hydrogens is 209 g/mol. The minimum Gasteiger partial charge on any atom is -0.367 e. The summed E-state index contributed by atoms with van der Waals surface area (Å²) in [4.78, 5) is 0. The van der Waals surface area contributed by atoms with E-state index in [9.17, 15) is 0 Å². The first-order valence-corrected chi connectivity index (χ1v) is 1.39. The van der Waals surface area contributed by atoms with Crippen molar-refractivity contribution in [3.8, 4) is 0 Å². The second-order valence-electron chi connectivity index (χ2n) is 0.786. The van der Waals surface area contributed by atoms with E-state index in [1.807, 2.05) is 0 Å². The van der Waals surface area contributed by atoms with Gasteiger partial charge in [-0.15, -0.1) is 24.0 Å². The van der Waals surface area contributed by atoms with Crippen LogP contribution in [0.3, 0.4) is 0 Å². The molecule has 0 saturated heterocycles. The zero-order chi connectivity index (χ0) is 4.41. The van der Waals surface area contributed by atoms with Gasteiger partial charge >= 0.3 is 0 Å². The van der Waals surface area contributed by atoms with Gasteiger partial charge in [0.2, 0.25) is 5.95 Å². The van der Waals surface area contributed by atoms with Crippen molar-refractivity contribution in [3.05, 3.63) is 0 Å². The molecule has 0 bridgehead atoms. The molecule has 3 N–H and O–H groups in total. The molecule has 7 heavy (non-hydrogen) atoms. The Labute approximate surface area is 56.7 Å². The second-order valence-corrected chi connectivity index (χ2v) is 0.786. The minimum absolute atomic E-state index is 0. The highest BCUT2D eigenvalue weighted by Crippen LogP contribution is 1.72. The molecule has 0 aliphatic carbocycles. The minimum atomic E-state index is 0. The summed E-state index contributed by atoms with van der Waals surface area (Å²) in [5.41, 5.74) is 4.99. The van der Waals surface area contributed by atoms with Crippen LogP contribution in [0.5, 0.6) is 0 Å². The smallest absolute Gasteiger partial charge is 0.237 e. The Morgan fingerprint density at radius 1 is 1.57 bits per heavy atom. The van der Waals surface area contributed by atoms with E-state index in [4.69, 9.17) is 5.73 Å². The topological polar surface area (TPSA) is 80.5 Å². The van der Waals surface area contributed by atoms with E-state index in [1.54, 1.807) is 0 Å². The van der Waals surface area contributed by atoms with E-state index in [2.05, 4.69) is 20.6 Å². The number of hydrogen-bond donors (Lipinski definition) is 2. The lowest BCUT2D eigenvalue weighted by Gasteiger charge is -1.65. The summed E-state index contributed by atoms with van der Waals surface area (Å²) >= 11 is 0. The lowest BCUT2D eigenvalue weighted by molar-refractivity contribution is 0.881. The van der Waals surface area contributed by atoms with Crippen LogP contribution in [-0.2, 0) is 0 Å². The van der Waals surface area contributed by atoms with Crippen molar-refractivity contribution in [1.82, 2.24) is 20.6 Å². The van der Waals surface area contributed by atoms with Crippen LogP contribution in [0.1, 0.15) is 0 Å². The number of halogens is 1. The van der Waals surface area contributed by atoms with E-state index < -0.39 is 0 Å². The molecule has 1 rings (SSSR count). The van der Waals surface area contributed by atoms with Gasteiger partial charge in [-0.1, -0.05) is 5.10 Å². The zero-order valence-corrected chi connectivity index (χ0v) is 5.66. The van der Waals surface area contributed by atoms with Gasteiger partial charge in [0.15, 0.2) is 0 Å². The fraction of sp³-hybridized carbons (Fsp3) is 0. The fourth-order valence-electron chi connectivity index (χ4n) is 0.166. The number of aromatic amines is 1. The Hall–Kier alpha value is -0.400. The highest BCUT2D eigenvalue weighted by atomic mass is 127. The molecular formula is CH4IN5. The molecule has 0 unspecified atom stereocenters. The number of hydrogen-bond acceptors (Lipinski definition) is 4. The number of nitrogens with zero attached hydrogens (tertiary/aromatic N) is 3. The molecule has 1 heterocycles. The summed E-state index contributed by atoms with van der Waals surface area (Å²) in [6, 6.07) is 0. The van der Waals surface area contributed by atoms with Crippen molar-refractivity contribution in [1.29, 1.82) is 0 Å². The summed E-state index contributed by atoms with van der Waals surface area (Å²) in [7, 11) is 0. The Kier molecular flexibility index (Phi) is 2.56. The van der Waals surface area contributed by atoms with Crippen LogP contribution in [0.25, 0.3) is 0 Å². The molecule has 0 fully saturated rings. The number of nitrogen functional groups attached to an aromatic ring is 1. The van der Waals surface area contributed by atoms with Gasteiger partial charge in [0, 0.05) is 0 Å². The Bertz CT molecular complexity index is 112. The Morgan fingerprint density at radius 2 is 2.29 bits per heavy atom. The molecule has 1 aromatic rings. The first-order valence-electron chi connectivity index (χ1n) is 1.39. The summed E-state index contributed by atoms with van der Waals surface area (Å²) in [6.07, 6.45) is 0. The van der Waals surface area contributed by atoms with Gasteiger partial charge in [0.1, 0.15) is 0 Å². The first kappa shape index (κ1) is 6.60. The molecule has 0 atom stereocenters. The van der Waals surface area contributed by atoms with Crippen LogP contribution in [0.2, 0.25) is 0 Å². The van der Waals surface area contributed by atoms with Crippen molar-refractivity contribution in [2.75, 3.05) is 5.73 Å². The lowest BCUT2D eigenvalue weighted by Crippen LogP contribution is -1.84. The van der Waals surface area contributed by atoms with Crippen LogP contribution in [0, 0.1) is 0 Å². The molecule has 0 aromatic carbocycles. The predicted molar refractivity (Wildman–Crippen MR) is 34.0 cm³/mol. The van der Waals surface area contributed by atoms with Gasteiger partial charge < -0.3 is 5.73 Å². The molecule has 0 aliphatic heterocycles. The third kappa shape index (κ3) is 1.67. The van der Waals surface area contributed by atoms with E-state index >= 15 is 0 Å². The Morgan fingerprint density at radius 3 is 2.43 bits per heavy atom. The van der Waals surface area contributed by atoms with E-state index in [0.29, 0.717) is 0 Å². The van der Waals surface area contributed by atoms with Gasteiger partial charge in [-0.05, 0) is 10.4 Å². The van der Waals surface area contributed by atoms with Gasteiger partial charge in [-0.2, -0.15) is 0 Å². The standard InChI is InChI=1S/CH3N5.HI/c2-1-3-5-6-4-1;/h(H3,2,3,4,5,6);1H. The number of aromatic nitrogens is 4. The number of nitrogens with two attached hydrogens (primary N) is 1. The third-order valence-electron chi connectivity index (χ3n) is 0.362. The maximum Gasteiger partial charge on any atom is 0.237 e.